The molecule has 0 saturated carbocycles. The number of hydrogen-bond acceptors (Lipinski definition) is 1. The summed E-state index contributed by atoms with van der Waals surface area (Å²) in [5, 5.41) is 4.74. The van der Waals surface area contributed by atoms with Crippen LogP contribution in [-0.2, 0) is 13.1 Å². The van der Waals surface area contributed by atoms with Gasteiger partial charge in [-0.1, -0.05) is 40.2 Å². The molecule has 0 spiro atoms. The van der Waals surface area contributed by atoms with Crippen LogP contribution < -0.4 is 5.32 Å². The lowest BCUT2D eigenvalue weighted by Crippen LogP contribution is -2.12. The number of nitrogens with one attached hydrogen (secondary N) is 2. The summed E-state index contributed by atoms with van der Waals surface area (Å²) in [6, 6.07) is 16.9. The Balaban J connectivity index is 1.64. The van der Waals surface area contributed by atoms with Gasteiger partial charge in [-0.25, -0.2) is 0 Å². The molecule has 2 aromatic carbocycles. The van der Waals surface area contributed by atoms with Crippen LogP contribution in [0.4, 0.5) is 0 Å². The molecule has 0 unspecified atom stereocenters. The minimum absolute atomic E-state index is 0.868. The number of rotatable bonds is 4. The molecular weight excluding hydrogens is 300 g/mol. The number of benzene rings is 2. The normalized spacial score (nSPS) is 11.0. The summed E-state index contributed by atoms with van der Waals surface area (Å²) >= 11 is 3.57. The van der Waals surface area contributed by atoms with Crippen LogP contribution >= 0.6 is 15.9 Å². The molecule has 1 heterocycles. The molecule has 1 aromatic heterocycles. The first-order valence-corrected chi connectivity index (χ1v) is 7.12. The van der Waals surface area contributed by atoms with Crippen molar-refractivity contribution in [2.24, 2.45) is 0 Å². The van der Waals surface area contributed by atoms with Crippen molar-refractivity contribution < 1.29 is 0 Å². The van der Waals surface area contributed by atoms with E-state index in [0.29, 0.717) is 0 Å². The summed E-state index contributed by atoms with van der Waals surface area (Å²) in [6.07, 6.45) is 1.98. The standard InChI is InChI=1S/C16H15BrN2/c17-15-4-2-1-3-14(15)11-18-10-12-5-6-16-13(9-12)7-8-19-16/h1-9,18-19H,10-11H2. The smallest absolute Gasteiger partial charge is 0.0454 e. The summed E-state index contributed by atoms with van der Waals surface area (Å²) < 4.78 is 1.16. The quantitative estimate of drug-likeness (QED) is 0.741. The number of aromatic nitrogens is 1. The van der Waals surface area contributed by atoms with Gasteiger partial charge in [0.1, 0.15) is 0 Å². The third-order valence-corrected chi connectivity index (χ3v) is 3.99. The van der Waals surface area contributed by atoms with E-state index in [2.05, 4.69) is 68.7 Å². The molecule has 0 fully saturated rings. The summed E-state index contributed by atoms with van der Waals surface area (Å²) in [5.74, 6) is 0. The third-order valence-electron chi connectivity index (χ3n) is 3.22. The lowest BCUT2D eigenvalue weighted by Gasteiger charge is -2.07. The van der Waals surface area contributed by atoms with E-state index in [0.717, 1.165) is 17.6 Å². The first kappa shape index (κ1) is 12.5. The Morgan fingerprint density at radius 3 is 2.79 bits per heavy atom. The van der Waals surface area contributed by atoms with E-state index in [4.69, 9.17) is 0 Å². The summed E-state index contributed by atoms with van der Waals surface area (Å²) in [6.45, 7) is 1.75. The maximum atomic E-state index is 3.57. The fraction of sp³-hybridized carbons (Fsp3) is 0.125. The van der Waals surface area contributed by atoms with Gasteiger partial charge in [0.25, 0.3) is 0 Å². The highest BCUT2D eigenvalue weighted by molar-refractivity contribution is 9.10. The second kappa shape index (κ2) is 5.59. The van der Waals surface area contributed by atoms with Gasteiger partial charge in [0.2, 0.25) is 0 Å². The fourth-order valence-corrected chi connectivity index (χ4v) is 2.62. The molecule has 2 nitrogen and oxygen atoms in total. The zero-order chi connectivity index (χ0) is 13.1. The van der Waals surface area contributed by atoms with E-state index >= 15 is 0 Å². The second-order valence-corrected chi connectivity index (χ2v) is 5.45. The van der Waals surface area contributed by atoms with Crippen LogP contribution in [0.2, 0.25) is 0 Å². The van der Waals surface area contributed by atoms with Crippen LogP contribution in [0.5, 0.6) is 0 Å². The van der Waals surface area contributed by atoms with Gasteiger partial charge in [0.05, 0.1) is 0 Å². The van der Waals surface area contributed by atoms with Crippen molar-refractivity contribution in [1.82, 2.24) is 10.3 Å². The van der Waals surface area contributed by atoms with E-state index < -0.39 is 0 Å². The topological polar surface area (TPSA) is 27.8 Å². The molecule has 96 valence electrons. The van der Waals surface area contributed by atoms with E-state index in [-0.39, 0.29) is 0 Å². The van der Waals surface area contributed by atoms with E-state index in [1.54, 1.807) is 0 Å². The molecule has 19 heavy (non-hydrogen) atoms. The molecule has 0 aliphatic carbocycles. The van der Waals surface area contributed by atoms with Gasteiger partial charge in [-0.15, -0.1) is 0 Å². The minimum atomic E-state index is 0.868. The first-order chi connectivity index (χ1) is 9.33. The Bertz CT molecular complexity index is 688. The van der Waals surface area contributed by atoms with E-state index in [1.165, 1.54) is 22.0 Å². The van der Waals surface area contributed by atoms with Gasteiger partial charge in [-0.3, -0.25) is 0 Å². The first-order valence-electron chi connectivity index (χ1n) is 6.33. The average molecular weight is 315 g/mol. The van der Waals surface area contributed by atoms with Crippen molar-refractivity contribution >= 4 is 26.8 Å². The second-order valence-electron chi connectivity index (χ2n) is 4.59. The van der Waals surface area contributed by atoms with Crippen molar-refractivity contribution in [3.05, 3.63) is 70.3 Å². The summed E-state index contributed by atoms with van der Waals surface area (Å²) in [5.41, 5.74) is 3.78. The lowest BCUT2D eigenvalue weighted by atomic mass is 10.1. The van der Waals surface area contributed by atoms with Gasteiger partial charge in [0, 0.05) is 29.3 Å². The van der Waals surface area contributed by atoms with Gasteiger partial charge >= 0.3 is 0 Å². The van der Waals surface area contributed by atoms with E-state index in [9.17, 15) is 0 Å². The average Bonchev–Trinajstić information content (AvgIpc) is 2.88. The number of fused-ring (bicyclic) bond motifs is 1. The Kier molecular flexibility index (Phi) is 3.67. The maximum absolute atomic E-state index is 3.57. The molecule has 0 aliphatic rings. The van der Waals surface area contributed by atoms with Gasteiger partial charge in [-0.05, 0) is 40.8 Å². The van der Waals surface area contributed by atoms with Crippen molar-refractivity contribution in [2.75, 3.05) is 0 Å². The van der Waals surface area contributed by atoms with Gasteiger partial charge < -0.3 is 10.3 Å². The van der Waals surface area contributed by atoms with Crippen LogP contribution in [0.15, 0.2) is 59.2 Å². The van der Waals surface area contributed by atoms with Crippen LogP contribution in [0.1, 0.15) is 11.1 Å². The largest absolute Gasteiger partial charge is 0.361 e. The molecule has 0 saturated heterocycles. The third kappa shape index (κ3) is 2.88. The number of H-pyrrole nitrogens is 1. The highest BCUT2D eigenvalue weighted by Crippen LogP contribution is 2.16. The Hall–Kier alpha value is -1.58. The van der Waals surface area contributed by atoms with Crippen LogP contribution in [0.3, 0.4) is 0 Å². The fourth-order valence-electron chi connectivity index (χ4n) is 2.20. The van der Waals surface area contributed by atoms with Crippen LogP contribution in [0, 0.1) is 0 Å². The molecule has 0 aliphatic heterocycles. The maximum Gasteiger partial charge on any atom is 0.0454 e. The lowest BCUT2D eigenvalue weighted by molar-refractivity contribution is 0.692. The predicted octanol–water partition coefficient (Wildman–Crippen LogP) is 4.22. The zero-order valence-electron chi connectivity index (χ0n) is 10.5. The predicted molar refractivity (Wildman–Crippen MR) is 83.0 cm³/mol. The van der Waals surface area contributed by atoms with Crippen LogP contribution in [-0.4, -0.2) is 4.98 Å². The molecular formula is C16H15BrN2. The summed E-state index contributed by atoms with van der Waals surface area (Å²) in [7, 11) is 0. The molecule has 0 radical (unpaired) electrons. The van der Waals surface area contributed by atoms with E-state index in [1.807, 2.05) is 12.3 Å². The Morgan fingerprint density at radius 1 is 1.00 bits per heavy atom. The summed E-state index contributed by atoms with van der Waals surface area (Å²) in [4.78, 5) is 3.21. The Labute approximate surface area is 121 Å². The Morgan fingerprint density at radius 2 is 1.89 bits per heavy atom. The van der Waals surface area contributed by atoms with Gasteiger partial charge in [0.15, 0.2) is 0 Å². The highest BCUT2D eigenvalue weighted by atomic mass is 79.9. The molecule has 0 bridgehead atoms. The number of halogens is 1. The SMILES string of the molecule is Brc1ccccc1CNCc1ccc2[nH]ccc2c1. The molecule has 3 rings (SSSR count). The van der Waals surface area contributed by atoms with Crippen molar-refractivity contribution in [3.8, 4) is 0 Å². The highest BCUT2D eigenvalue weighted by Gasteiger charge is 2.00. The van der Waals surface area contributed by atoms with Crippen molar-refractivity contribution in [1.29, 1.82) is 0 Å². The molecule has 0 atom stereocenters. The monoisotopic (exact) mass is 314 g/mol. The molecule has 2 N–H and O–H groups in total. The number of aromatic amines is 1. The molecule has 3 aromatic rings. The van der Waals surface area contributed by atoms with Crippen molar-refractivity contribution in [3.63, 3.8) is 0 Å². The minimum Gasteiger partial charge on any atom is -0.361 e. The number of hydrogen-bond donors (Lipinski definition) is 2. The van der Waals surface area contributed by atoms with Crippen molar-refractivity contribution in [2.45, 2.75) is 13.1 Å². The van der Waals surface area contributed by atoms with Crippen LogP contribution in [0.25, 0.3) is 10.9 Å². The molecule has 3 heteroatoms. The van der Waals surface area contributed by atoms with Gasteiger partial charge in [-0.2, -0.15) is 0 Å². The zero-order valence-corrected chi connectivity index (χ0v) is 12.1. The molecule has 0 amide bonds.